The van der Waals surface area contributed by atoms with Gasteiger partial charge in [0.25, 0.3) is 0 Å². The number of likely N-dealkylation sites (tertiary alicyclic amines) is 1. The largest absolute Gasteiger partial charge is 0.378 e. The van der Waals surface area contributed by atoms with Gasteiger partial charge < -0.3 is 9.64 Å². The lowest BCUT2D eigenvalue weighted by Gasteiger charge is -2.35. The molecule has 2 saturated heterocycles. The molecule has 3 rings (SSSR count). The van der Waals surface area contributed by atoms with Crippen molar-refractivity contribution < 1.29 is 9.53 Å². The second kappa shape index (κ2) is 7.00. The van der Waals surface area contributed by atoms with Gasteiger partial charge in [0.15, 0.2) is 0 Å². The fraction of sp³-hybridized carbons (Fsp3) is 0.769. The predicted molar refractivity (Wildman–Crippen MR) is 80.3 cm³/mol. The van der Waals surface area contributed by atoms with Crippen LogP contribution in [0.1, 0.15) is 18.5 Å². The lowest BCUT2D eigenvalue weighted by molar-refractivity contribution is -0.141. The Kier molecular flexibility index (Phi) is 5.05. The minimum absolute atomic E-state index is 0.156. The fourth-order valence-electron chi connectivity index (χ4n) is 2.88. The van der Waals surface area contributed by atoms with E-state index in [0.717, 1.165) is 51.3 Å². The van der Waals surface area contributed by atoms with Crippen molar-refractivity contribution in [1.29, 1.82) is 0 Å². The number of carbonyl (C=O) groups excluding carboxylic acids is 1. The highest BCUT2D eigenvalue weighted by Crippen LogP contribution is 2.24. The Morgan fingerprint density at radius 2 is 2.00 bits per heavy atom. The van der Waals surface area contributed by atoms with Crippen molar-refractivity contribution in [2.45, 2.75) is 19.4 Å². The van der Waals surface area contributed by atoms with Crippen molar-refractivity contribution >= 4 is 29.0 Å². The highest BCUT2D eigenvalue weighted by atomic mass is 35.5. The average molecular weight is 331 g/mol. The van der Waals surface area contributed by atoms with E-state index < -0.39 is 0 Å². The molecule has 1 aromatic heterocycles. The maximum absolute atomic E-state index is 12.4. The van der Waals surface area contributed by atoms with Crippen LogP contribution in [0.2, 0.25) is 4.34 Å². The van der Waals surface area contributed by atoms with Crippen LogP contribution in [0.5, 0.6) is 0 Å². The van der Waals surface area contributed by atoms with Crippen molar-refractivity contribution in [3.63, 3.8) is 0 Å². The molecular formula is C13H19ClN4O2S. The monoisotopic (exact) mass is 330 g/mol. The van der Waals surface area contributed by atoms with E-state index >= 15 is 0 Å². The first-order valence-electron chi connectivity index (χ1n) is 7.29. The van der Waals surface area contributed by atoms with Crippen molar-refractivity contribution in [1.82, 2.24) is 19.4 Å². The van der Waals surface area contributed by atoms with Crippen LogP contribution < -0.4 is 0 Å². The topological polar surface area (TPSA) is 58.6 Å². The molecule has 0 spiro atoms. The first-order valence-corrected chi connectivity index (χ1v) is 8.45. The first kappa shape index (κ1) is 15.1. The number of hydrogen-bond acceptors (Lipinski definition) is 6. The van der Waals surface area contributed by atoms with E-state index in [-0.39, 0.29) is 5.92 Å². The molecular weight excluding hydrogens is 312 g/mol. The number of hydrogen-bond donors (Lipinski definition) is 0. The zero-order valence-electron chi connectivity index (χ0n) is 11.8. The van der Waals surface area contributed by atoms with E-state index in [0.29, 0.717) is 23.5 Å². The second-order valence-corrected chi connectivity index (χ2v) is 6.84. The van der Waals surface area contributed by atoms with Gasteiger partial charge in [0.1, 0.15) is 10.0 Å². The maximum Gasteiger partial charge on any atom is 0.225 e. The molecule has 0 radical (unpaired) electrons. The number of carbonyl (C=O) groups is 1. The highest BCUT2D eigenvalue weighted by molar-refractivity contribution is 7.10. The van der Waals surface area contributed by atoms with Crippen molar-refractivity contribution in [3.8, 4) is 0 Å². The number of rotatable bonds is 3. The summed E-state index contributed by atoms with van der Waals surface area (Å²) in [6.45, 7) is 5.36. The second-order valence-electron chi connectivity index (χ2n) is 5.48. The molecule has 3 heterocycles. The van der Waals surface area contributed by atoms with Crippen LogP contribution in [0.25, 0.3) is 0 Å². The summed E-state index contributed by atoms with van der Waals surface area (Å²) in [7, 11) is 0. The number of aromatic nitrogens is 2. The van der Waals surface area contributed by atoms with Gasteiger partial charge in [0, 0.05) is 37.1 Å². The molecule has 116 valence electrons. The molecule has 0 aromatic carbocycles. The van der Waals surface area contributed by atoms with Crippen LogP contribution in [0.3, 0.4) is 0 Å². The molecule has 0 unspecified atom stereocenters. The normalized spacial score (nSPS) is 21.7. The van der Waals surface area contributed by atoms with Gasteiger partial charge in [-0.2, -0.15) is 0 Å². The van der Waals surface area contributed by atoms with Gasteiger partial charge in [-0.1, -0.05) is 16.1 Å². The molecule has 0 atom stereocenters. The Balaban J connectivity index is 1.48. The lowest BCUT2D eigenvalue weighted by atomic mass is 9.95. The molecule has 6 nitrogen and oxygen atoms in total. The number of nitrogens with zero attached hydrogens (tertiary/aromatic N) is 4. The zero-order valence-corrected chi connectivity index (χ0v) is 13.4. The molecule has 0 N–H and O–H groups in total. The molecule has 0 aliphatic carbocycles. The highest BCUT2D eigenvalue weighted by Gasteiger charge is 2.29. The number of ether oxygens (including phenoxy) is 1. The van der Waals surface area contributed by atoms with Gasteiger partial charge in [-0.25, -0.2) is 0 Å². The molecule has 2 aliphatic rings. The van der Waals surface area contributed by atoms with Gasteiger partial charge in [0.2, 0.25) is 5.91 Å². The van der Waals surface area contributed by atoms with E-state index in [9.17, 15) is 4.79 Å². The van der Waals surface area contributed by atoms with E-state index in [1.165, 1.54) is 11.5 Å². The Labute approximate surface area is 133 Å². The van der Waals surface area contributed by atoms with Crippen LogP contribution in [0.4, 0.5) is 0 Å². The van der Waals surface area contributed by atoms with Gasteiger partial charge >= 0.3 is 0 Å². The maximum atomic E-state index is 12.4. The van der Waals surface area contributed by atoms with Crippen LogP contribution >= 0.6 is 23.1 Å². The Morgan fingerprint density at radius 1 is 1.29 bits per heavy atom. The predicted octanol–water partition coefficient (Wildman–Crippen LogP) is 1.26. The number of piperidine rings is 1. The summed E-state index contributed by atoms with van der Waals surface area (Å²) >= 11 is 7.26. The molecule has 1 amide bonds. The van der Waals surface area contributed by atoms with E-state index in [1.807, 2.05) is 4.90 Å². The van der Waals surface area contributed by atoms with Gasteiger partial charge in [-0.15, -0.1) is 5.10 Å². The van der Waals surface area contributed by atoms with Gasteiger partial charge in [0.05, 0.1) is 13.2 Å². The summed E-state index contributed by atoms with van der Waals surface area (Å²) in [6, 6.07) is 0. The van der Waals surface area contributed by atoms with Crippen LogP contribution in [0, 0.1) is 5.92 Å². The molecule has 1 aromatic rings. The Morgan fingerprint density at radius 3 is 2.62 bits per heavy atom. The third kappa shape index (κ3) is 3.71. The minimum Gasteiger partial charge on any atom is -0.378 e. The van der Waals surface area contributed by atoms with Crippen molar-refractivity contribution in [2.24, 2.45) is 5.92 Å². The molecule has 2 fully saturated rings. The SMILES string of the molecule is O=C(C1CCN(Cc2nnsc2Cl)CC1)N1CCOCC1. The first-order chi connectivity index (χ1) is 10.2. The third-order valence-electron chi connectivity index (χ3n) is 4.14. The van der Waals surface area contributed by atoms with E-state index in [1.54, 1.807) is 0 Å². The van der Waals surface area contributed by atoms with Crippen molar-refractivity contribution in [3.05, 3.63) is 10.0 Å². The number of amides is 1. The van der Waals surface area contributed by atoms with Gasteiger partial charge in [-0.05, 0) is 25.9 Å². The van der Waals surface area contributed by atoms with Crippen LogP contribution in [0.15, 0.2) is 0 Å². The summed E-state index contributed by atoms with van der Waals surface area (Å²) in [4.78, 5) is 16.7. The summed E-state index contributed by atoms with van der Waals surface area (Å²) in [5.74, 6) is 0.453. The summed E-state index contributed by atoms with van der Waals surface area (Å²) in [5, 5.41) is 4.04. The molecule has 21 heavy (non-hydrogen) atoms. The zero-order chi connectivity index (χ0) is 14.7. The number of morpholine rings is 1. The molecule has 2 aliphatic heterocycles. The summed E-state index contributed by atoms with van der Waals surface area (Å²) in [5.41, 5.74) is 0.847. The van der Waals surface area contributed by atoms with Crippen LogP contribution in [-0.4, -0.2) is 64.7 Å². The average Bonchev–Trinajstić information content (AvgIpc) is 2.93. The van der Waals surface area contributed by atoms with E-state index in [2.05, 4.69) is 14.5 Å². The lowest BCUT2D eigenvalue weighted by Crippen LogP contribution is -2.46. The molecule has 0 bridgehead atoms. The standard InChI is InChI=1S/C13H19ClN4O2S/c14-12-11(15-16-21-12)9-17-3-1-10(2-4-17)13(19)18-5-7-20-8-6-18/h10H,1-9H2. The fourth-order valence-corrected chi connectivity index (χ4v) is 3.50. The van der Waals surface area contributed by atoms with Crippen molar-refractivity contribution in [2.75, 3.05) is 39.4 Å². The van der Waals surface area contributed by atoms with Gasteiger partial charge in [-0.3, -0.25) is 9.69 Å². The minimum atomic E-state index is 0.156. The van der Waals surface area contributed by atoms with Crippen LogP contribution in [-0.2, 0) is 16.1 Å². The third-order valence-corrected chi connectivity index (χ3v) is 5.13. The smallest absolute Gasteiger partial charge is 0.225 e. The Bertz CT molecular complexity index is 484. The molecule has 0 saturated carbocycles. The Hall–Kier alpha value is -0.760. The summed E-state index contributed by atoms with van der Waals surface area (Å²) < 4.78 is 9.82. The number of halogens is 1. The quantitative estimate of drug-likeness (QED) is 0.835. The summed E-state index contributed by atoms with van der Waals surface area (Å²) in [6.07, 6.45) is 1.82. The van der Waals surface area contributed by atoms with E-state index in [4.69, 9.17) is 16.3 Å². The molecule has 8 heteroatoms.